The number of likely N-dealkylation sites (N-methyl/N-ethyl adjacent to an activating group) is 2. The molecule has 0 radical (unpaired) electrons. The van der Waals surface area contributed by atoms with Gasteiger partial charge in [-0.2, -0.15) is 0 Å². The maximum atomic E-state index is 17.1. The van der Waals surface area contributed by atoms with Crippen LogP contribution in [0.5, 0.6) is 0 Å². The Morgan fingerprint density at radius 1 is 0.565 bits per heavy atom. The summed E-state index contributed by atoms with van der Waals surface area (Å²) in [6.45, 7) is 27.8. The normalized spacial score (nSPS) is 36.4. The summed E-state index contributed by atoms with van der Waals surface area (Å²) in [5, 5.41) is 50.3. The first-order chi connectivity index (χ1) is 60.5. The van der Waals surface area contributed by atoms with Crippen LogP contribution in [0.2, 0.25) is 0 Å². The van der Waals surface area contributed by atoms with Crippen molar-refractivity contribution in [3.8, 4) is 21.4 Å². The molecule has 732 valence electrons. The molecule has 0 aliphatic carbocycles. The van der Waals surface area contributed by atoms with E-state index in [0.29, 0.717) is 68.7 Å². The number of ether oxygens (including phenoxy) is 11. The Labute approximate surface area is 775 Å². The molecule has 6 aliphatic rings. The Kier molecular flexibility index (Phi) is 38.9. The van der Waals surface area contributed by atoms with Crippen molar-refractivity contribution in [2.45, 2.75) is 330 Å². The molecule has 2 amide bonds. The van der Waals surface area contributed by atoms with Crippen LogP contribution in [-0.4, -0.2) is 283 Å². The number of hydrogen-bond acceptors (Lipinski definition) is 35. The fourth-order valence-electron chi connectivity index (χ4n) is 18.1. The number of fused-ring (bicyclic) bond motifs is 10. The van der Waals surface area contributed by atoms with Crippen molar-refractivity contribution >= 4 is 98.4 Å². The summed E-state index contributed by atoms with van der Waals surface area (Å²) in [4.78, 5) is 139. The van der Waals surface area contributed by atoms with Gasteiger partial charge in [-0.1, -0.05) is 107 Å². The molecule has 4 aromatic rings. The quantitative estimate of drug-likeness (QED) is 0.0252. The van der Waals surface area contributed by atoms with Crippen LogP contribution < -0.4 is 11.5 Å². The largest absolute Gasteiger partial charge is 0.457 e. The van der Waals surface area contributed by atoms with Crippen molar-refractivity contribution in [3.05, 3.63) is 58.5 Å². The number of Topliss-reactive ketones (excluding diaryl/α,β-unsaturated/α-hetero) is 2. The van der Waals surface area contributed by atoms with Gasteiger partial charge in [0.15, 0.2) is 43.5 Å². The molecular formula is C92H140F2N12O23S2. The average Bonchev–Trinajstić information content (AvgIpc) is 1.69. The summed E-state index contributed by atoms with van der Waals surface area (Å²) in [6, 6.07) is 9.68. The molecule has 0 spiro atoms. The predicted octanol–water partition coefficient (Wildman–Crippen LogP) is 11.3. The van der Waals surface area contributed by atoms with Crippen LogP contribution in [0.4, 0.5) is 20.4 Å². The molecule has 0 unspecified atom stereocenters. The lowest BCUT2D eigenvalue weighted by Crippen LogP contribution is -2.62. The number of aliphatic hydroxyl groups excluding tert-OH is 1. The van der Waals surface area contributed by atoms with Crippen molar-refractivity contribution in [3.63, 3.8) is 0 Å². The number of aromatic nitrogens is 4. The number of nitrogens with zero attached hydrogens (tertiary/aromatic N) is 10. The first-order valence-electron chi connectivity index (χ1n) is 44.0. The summed E-state index contributed by atoms with van der Waals surface area (Å²) in [5.74, 6) is -12.1. The highest BCUT2D eigenvalue weighted by atomic mass is 32.1. The number of anilines is 2. The zero-order valence-corrected chi connectivity index (χ0v) is 79.9. The number of pyridine rings is 2. The fraction of sp³-hybridized carbons (Fsp3) is 0.707. The number of carbonyl (C=O) groups is 7. The van der Waals surface area contributed by atoms with Crippen LogP contribution in [0, 0.1) is 35.5 Å². The molecule has 35 nitrogen and oxygen atoms in total. The van der Waals surface area contributed by atoms with Gasteiger partial charge in [0.05, 0.1) is 91.7 Å². The van der Waals surface area contributed by atoms with Gasteiger partial charge in [0, 0.05) is 71.7 Å². The van der Waals surface area contributed by atoms with Gasteiger partial charge in [-0.05, 0) is 158 Å². The number of aliphatic hydroxyl groups is 3. The first-order valence-corrected chi connectivity index (χ1v) is 45.8. The zero-order chi connectivity index (χ0) is 95.5. The summed E-state index contributed by atoms with van der Waals surface area (Å²) in [6.07, 6.45) is -12.9. The summed E-state index contributed by atoms with van der Waals surface area (Å²) in [5.41, 5.74) is 1.25. The van der Waals surface area contributed by atoms with Gasteiger partial charge in [0.1, 0.15) is 74.0 Å². The fourth-order valence-corrected chi connectivity index (χ4v) is 19.7. The SMILES string of the molecule is C.C.CCC(=O)N=C1[C@H](C)C[C@@]2(C)OC/C(=N/OCc3csc(-c4cccc(N)n4)n3)CO[C@H]([C@H]1C)[C@](C)(O)[C@@H](CC)OC(=O)[C@@](C)(F)C(=O)[C@H](C)[C@H]2O[C@@H]1O[C@H](C)C[C@H](N(C)C)[C@H]1O.CCC(=O)N=C1[C@H](C)C[C@@]2(C)OCC(=NOCc3csc(-c4cccc(N)n4)n3)CO[C@H]([C@H]1C)[C@](C)(O)[C@@H](CC)OC(=O)[C@@](C)(F)C(=O)[C@H](C)[C@H]2O[C@@H]1O[C@H](C)C[C@H](N(C)C)[C@H]1OC(C)=O. The van der Waals surface area contributed by atoms with E-state index in [4.69, 9.17) is 73.2 Å². The lowest BCUT2D eigenvalue weighted by Gasteiger charge is -2.48. The van der Waals surface area contributed by atoms with E-state index < -0.39 is 196 Å². The summed E-state index contributed by atoms with van der Waals surface area (Å²) < 4.78 is 104. The van der Waals surface area contributed by atoms with Crippen LogP contribution in [-0.2, 0) is 109 Å². The molecule has 0 aromatic carbocycles. The number of thiazole rings is 2. The van der Waals surface area contributed by atoms with Crippen molar-refractivity contribution in [1.82, 2.24) is 29.7 Å². The molecule has 0 saturated carbocycles. The highest BCUT2D eigenvalue weighted by molar-refractivity contribution is 7.13. The third-order valence-corrected chi connectivity index (χ3v) is 26.8. The number of hydrogen-bond donors (Lipinski definition) is 5. The van der Waals surface area contributed by atoms with Crippen molar-refractivity contribution in [2.24, 2.45) is 55.8 Å². The van der Waals surface area contributed by atoms with E-state index in [1.165, 1.54) is 57.3 Å². The lowest BCUT2D eigenvalue weighted by atomic mass is 9.73. The topological polar surface area (TPSA) is 460 Å². The average molecular weight is 1880 g/mol. The van der Waals surface area contributed by atoms with Crippen LogP contribution in [0.1, 0.15) is 209 Å². The lowest BCUT2D eigenvalue weighted by molar-refractivity contribution is -0.299. The summed E-state index contributed by atoms with van der Waals surface area (Å²) >= 11 is 2.70. The first kappa shape index (κ1) is 110. The number of halogens is 2. The molecule has 26 atom stereocenters. The van der Waals surface area contributed by atoms with Crippen molar-refractivity contribution < 1.29 is 119 Å². The second kappa shape index (κ2) is 46.4. The number of alkyl halides is 2. The number of nitrogens with two attached hydrogens (primary N) is 2. The number of esters is 3. The second-order valence-electron chi connectivity index (χ2n) is 36.3. The Hall–Kier alpha value is -8.13. The zero-order valence-electron chi connectivity index (χ0n) is 78.3. The Morgan fingerprint density at radius 3 is 1.31 bits per heavy atom. The monoisotopic (exact) mass is 1880 g/mol. The molecular weight excluding hydrogens is 1740 g/mol. The maximum Gasteiger partial charge on any atom is 0.351 e. The van der Waals surface area contributed by atoms with Gasteiger partial charge in [-0.25, -0.2) is 48.3 Å². The van der Waals surface area contributed by atoms with E-state index in [2.05, 4.69) is 40.2 Å². The second-order valence-corrected chi connectivity index (χ2v) is 38.0. The standard InChI is InChI=1S/C46H67FN6O12S.C44H65FN6O11S.2CH4/c1-13-33-46(10,58)40-26(5)36(51-35(55)14-2)24(3)19-44(8,60-21-29(20-59-40)52-61-22-30-23-66-41(49-30)31-16-15-17-34(48)50-31)39(27(6)38(56)45(9,47)43(57)64-33)65-42-37(63-28(7)54)32(53(11)12)18-25(4)62-42;1-12-31-44(9,56)38-25(5)34(49-33(52)13-2)23(3)18-42(7,58-20-27(19-57-38)50-59-21-28-22-63-39(47-28)29-15-14-16-32(46)48-29)37(26(6)36(54)43(8,45)41(55)61-31)62-40-35(53)30(51(10)11)17-24(4)60-40;;/h15-17,23-27,32-33,37,39-40,42,58H,13-14,18-22H2,1-12H3,(H2,48,50);14-16,22-26,30-31,35,37-38,40,53,56H,12-13,17-21H2,1-11H3,(H2,46,48);2*1H4/b;49-34?,50-27+;;/t24-,25-,26+,27+,32+,33-,37-,39-,40-,42+,44-,45+,46-;23-,24-,25+,26+,30+,31-,35-,37-,38-,40+,42-,43+,44-;;/m11../s1. The molecule has 4 bridgehead atoms. The van der Waals surface area contributed by atoms with E-state index in [1.54, 1.807) is 103 Å². The highest BCUT2D eigenvalue weighted by Gasteiger charge is 2.60. The van der Waals surface area contributed by atoms with Crippen molar-refractivity contribution in [1.29, 1.82) is 0 Å². The number of amides is 2. The Morgan fingerprint density at radius 2 is 0.947 bits per heavy atom. The Bertz CT molecular complexity index is 4680. The van der Waals surface area contributed by atoms with E-state index in [9.17, 15) is 48.9 Å². The molecule has 4 aromatic heterocycles. The van der Waals surface area contributed by atoms with Gasteiger partial charge >= 0.3 is 17.9 Å². The molecule has 10 rings (SSSR count). The third-order valence-electron chi connectivity index (χ3n) is 25.0. The molecule has 10 heterocycles. The minimum Gasteiger partial charge on any atom is -0.457 e. The van der Waals surface area contributed by atoms with E-state index in [-0.39, 0.29) is 104 Å². The molecule has 6 aliphatic heterocycles. The number of cyclic esters (lactones) is 2. The van der Waals surface area contributed by atoms with Gasteiger partial charge in [0.25, 0.3) is 11.3 Å². The number of rotatable bonds is 19. The number of carbonyl (C=O) groups excluding carboxylic acids is 7. The van der Waals surface area contributed by atoms with Crippen LogP contribution >= 0.6 is 22.7 Å². The van der Waals surface area contributed by atoms with E-state index in [1.807, 2.05) is 65.7 Å². The van der Waals surface area contributed by atoms with Gasteiger partial charge in [-0.15, -0.1) is 22.7 Å². The Balaban J connectivity index is 0.000000353. The highest BCUT2D eigenvalue weighted by Crippen LogP contribution is 2.45. The van der Waals surface area contributed by atoms with E-state index in [0.717, 1.165) is 13.8 Å². The van der Waals surface area contributed by atoms with Gasteiger partial charge < -0.3 is 98.4 Å². The number of nitrogen functional groups attached to an aromatic ring is 2. The number of aliphatic imine (C=N–C) groups is 2. The minimum absolute atomic E-state index is 0. The third kappa shape index (κ3) is 26.3. The molecule has 7 N–H and O–H groups in total. The number of oxime groups is 2. The predicted molar refractivity (Wildman–Crippen MR) is 490 cm³/mol. The molecule has 39 heteroatoms. The van der Waals surface area contributed by atoms with Gasteiger partial charge in [-0.3, -0.25) is 24.0 Å². The molecule has 131 heavy (non-hydrogen) atoms. The van der Waals surface area contributed by atoms with Crippen LogP contribution in [0.15, 0.2) is 67.5 Å². The molecule has 6 saturated heterocycles. The maximum absolute atomic E-state index is 17.1. The van der Waals surface area contributed by atoms with Crippen molar-refractivity contribution in [2.75, 3.05) is 66.1 Å². The van der Waals surface area contributed by atoms with Gasteiger partial charge in [0.2, 0.25) is 11.8 Å². The number of ketones is 2. The summed E-state index contributed by atoms with van der Waals surface area (Å²) in [7, 11) is 7.28. The smallest absolute Gasteiger partial charge is 0.351 e. The van der Waals surface area contributed by atoms with E-state index >= 15 is 8.78 Å². The minimum atomic E-state index is -3.26. The van der Waals surface area contributed by atoms with Crippen LogP contribution in [0.25, 0.3) is 21.4 Å². The molecule has 6 fully saturated rings. The van der Waals surface area contributed by atoms with Crippen LogP contribution in [0.3, 0.4) is 0 Å².